The molecule has 21 rings (SSSR count). The van der Waals surface area contributed by atoms with Crippen LogP contribution in [-0.2, 0) is 0 Å². The summed E-state index contributed by atoms with van der Waals surface area (Å²) in [5, 5.41) is 19.9. The lowest BCUT2D eigenvalue weighted by atomic mass is 9.89. The minimum absolute atomic E-state index is 1.07. The largest absolute Gasteiger partial charge is 0.310 e. The van der Waals surface area contributed by atoms with Crippen LogP contribution >= 0.6 is 22.7 Å². The molecule has 106 heavy (non-hydrogen) atoms. The Hall–Kier alpha value is -13.2. The molecule has 494 valence electrons. The molecule has 0 aliphatic carbocycles. The molecular formula is C102H64N2S2. The Morgan fingerprint density at radius 1 is 0.151 bits per heavy atom. The van der Waals surface area contributed by atoms with E-state index in [-0.39, 0.29) is 0 Å². The zero-order valence-electron chi connectivity index (χ0n) is 57.7. The van der Waals surface area contributed by atoms with Gasteiger partial charge in [0.15, 0.2) is 0 Å². The highest BCUT2D eigenvalue weighted by molar-refractivity contribution is 7.26. The van der Waals surface area contributed by atoms with E-state index in [0.717, 1.165) is 50.8 Å². The molecule has 2 heterocycles. The fraction of sp³-hybridized carbons (Fsp3) is 0. The molecule has 4 heteroatoms. The highest BCUT2D eigenvalue weighted by Crippen LogP contribution is 2.50. The van der Waals surface area contributed by atoms with Crippen LogP contribution in [0.2, 0.25) is 0 Å². The first-order valence-electron chi connectivity index (χ1n) is 36.3. The quantitative estimate of drug-likeness (QED) is 0.113. The topological polar surface area (TPSA) is 6.48 Å². The minimum atomic E-state index is 1.07. The first-order valence-corrected chi connectivity index (χ1v) is 38.0. The molecule has 0 fully saturated rings. The number of hydrogen-bond acceptors (Lipinski definition) is 4. The van der Waals surface area contributed by atoms with E-state index in [0.29, 0.717) is 0 Å². The molecule has 0 radical (unpaired) electrons. The lowest BCUT2D eigenvalue weighted by Crippen LogP contribution is -2.11. The van der Waals surface area contributed by atoms with Crippen molar-refractivity contribution >= 4 is 162 Å². The van der Waals surface area contributed by atoms with Crippen LogP contribution in [0, 0.1) is 0 Å². The van der Waals surface area contributed by atoms with Crippen LogP contribution in [0.4, 0.5) is 34.1 Å². The Morgan fingerprint density at radius 3 is 1.04 bits per heavy atom. The highest BCUT2D eigenvalue weighted by Gasteiger charge is 2.24. The Bertz CT molecular complexity index is 7080. The first kappa shape index (κ1) is 61.4. The fourth-order valence-electron chi connectivity index (χ4n) is 16.6. The average Bonchev–Trinajstić information content (AvgIpc) is 0.930. The predicted octanol–water partition coefficient (Wildman–Crippen LogP) is 30.3. The summed E-state index contributed by atoms with van der Waals surface area (Å²) in [6.45, 7) is 0. The van der Waals surface area contributed by atoms with E-state index in [1.54, 1.807) is 0 Å². The van der Waals surface area contributed by atoms with Crippen molar-refractivity contribution in [3.63, 3.8) is 0 Å². The van der Waals surface area contributed by atoms with Gasteiger partial charge in [-0.3, -0.25) is 0 Å². The molecule has 0 bridgehead atoms. The zero-order valence-corrected chi connectivity index (χ0v) is 59.3. The summed E-state index contributed by atoms with van der Waals surface area (Å²) in [6, 6.07) is 145. The third-order valence-corrected chi connectivity index (χ3v) is 24.1. The van der Waals surface area contributed by atoms with Crippen molar-refractivity contribution in [1.29, 1.82) is 0 Å². The molecule has 0 aliphatic rings. The first-order chi connectivity index (χ1) is 52.5. The predicted molar refractivity (Wildman–Crippen MR) is 459 cm³/mol. The Balaban J connectivity index is 0.642. The van der Waals surface area contributed by atoms with E-state index in [1.165, 1.54) is 155 Å². The molecule has 0 unspecified atom stereocenters. The van der Waals surface area contributed by atoms with Crippen molar-refractivity contribution in [3.05, 3.63) is 388 Å². The molecular weight excluding hydrogens is 1320 g/mol. The normalized spacial score (nSPS) is 11.8. The van der Waals surface area contributed by atoms with Gasteiger partial charge in [0, 0.05) is 74.2 Å². The summed E-state index contributed by atoms with van der Waals surface area (Å²) < 4.78 is 5.18. The van der Waals surface area contributed by atoms with Crippen LogP contribution in [0.1, 0.15) is 0 Å². The van der Waals surface area contributed by atoms with Crippen molar-refractivity contribution in [3.8, 4) is 66.8 Å². The van der Waals surface area contributed by atoms with E-state index in [2.05, 4.69) is 398 Å². The van der Waals surface area contributed by atoms with E-state index in [4.69, 9.17) is 0 Å². The number of hydrogen-bond donors (Lipinski definition) is 0. The SMILES string of the molecule is c1ccc(N(c2ccc(-c3ccc4ccc(-c5ccc6c(-c7ccccc7N(c7ccc(-c8ccc9ccccc9c8)cc7)c7ccc8c(c7)sc7ccccc78)cc7ccccc7c6c5)cc4c3)cc2)c2ccc(-c3ccc4c(c3)sc3ccccc34)cc2)c(-c2cc3ccccc3c3ccccc23)c1. The van der Waals surface area contributed by atoms with Gasteiger partial charge in [-0.15, -0.1) is 22.7 Å². The maximum atomic E-state index is 2.47. The molecule has 0 saturated heterocycles. The smallest absolute Gasteiger partial charge is 0.0540 e. The number of para-hydroxylation sites is 2. The van der Waals surface area contributed by atoms with Crippen LogP contribution in [-0.4, -0.2) is 0 Å². The van der Waals surface area contributed by atoms with Crippen LogP contribution in [0.25, 0.3) is 172 Å². The minimum Gasteiger partial charge on any atom is -0.310 e. The van der Waals surface area contributed by atoms with Crippen LogP contribution < -0.4 is 9.80 Å². The van der Waals surface area contributed by atoms with Crippen molar-refractivity contribution in [2.75, 3.05) is 9.80 Å². The number of nitrogens with zero attached hydrogens (tertiary/aromatic N) is 2. The second-order valence-corrected chi connectivity index (χ2v) is 30.0. The van der Waals surface area contributed by atoms with Gasteiger partial charge < -0.3 is 9.80 Å². The van der Waals surface area contributed by atoms with Gasteiger partial charge in [0.05, 0.1) is 11.4 Å². The summed E-state index contributed by atoms with van der Waals surface area (Å²) >= 11 is 3.72. The number of anilines is 6. The van der Waals surface area contributed by atoms with Gasteiger partial charge in [0.1, 0.15) is 0 Å². The molecule has 21 aromatic rings. The Labute approximate surface area is 622 Å². The fourth-order valence-corrected chi connectivity index (χ4v) is 18.9. The summed E-state index contributed by atoms with van der Waals surface area (Å²) in [5.41, 5.74) is 20.7. The number of thiophene rings is 2. The molecule has 0 atom stereocenters. The van der Waals surface area contributed by atoms with E-state index in [9.17, 15) is 0 Å². The standard InChI is InChI=1S/C102H64N2S2/c1-2-18-70-57-71(36-33-65(70)17-1)66-41-51-81(52-42-66)104(82-53-56-93-91-28-12-16-32-100(91)106-102(93)64-82)98-30-14-10-26-89(98)96-62-77-20-4-6-22-84(77)94-60-74(45-54-87(94)96)73-38-35-69-34-37-72(58-78(69)59-73)67-39-47-79(48-40-67)103(80-49-43-68(44-50-80)75-46-55-92-90-27-11-15-31-99(90)105-101(92)63-75)97-29-13-9-25-88(97)95-61-76-19-3-5-21-83(76)85-23-7-8-24-86(85)95/h1-64H. The van der Waals surface area contributed by atoms with Crippen LogP contribution in [0.3, 0.4) is 0 Å². The lowest BCUT2D eigenvalue weighted by molar-refractivity contribution is 1.28. The molecule has 0 amide bonds. The highest BCUT2D eigenvalue weighted by atomic mass is 32.1. The lowest BCUT2D eigenvalue weighted by Gasteiger charge is -2.28. The summed E-state index contributed by atoms with van der Waals surface area (Å²) in [5.74, 6) is 0. The molecule has 0 N–H and O–H groups in total. The Morgan fingerprint density at radius 2 is 0.481 bits per heavy atom. The van der Waals surface area contributed by atoms with Crippen molar-refractivity contribution in [2.24, 2.45) is 0 Å². The van der Waals surface area contributed by atoms with Gasteiger partial charge in [-0.05, 0) is 236 Å². The van der Waals surface area contributed by atoms with Crippen molar-refractivity contribution in [2.45, 2.75) is 0 Å². The van der Waals surface area contributed by atoms with Gasteiger partial charge in [0.2, 0.25) is 0 Å². The van der Waals surface area contributed by atoms with Gasteiger partial charge >= 0.3 is 0 Å². The number of fused-ring (bicyclic) bond motifs is 14. The van der Waals surface area contributed by atoms with Crippen molar-refractivity contribution in [1.82, 2.24) is 0 Å². The van der Waals surface area contributed by atoms with Crippen LogP contribution in [0.15, 0.2) is 388 Å². The maximum Gasteiger partial charge on any atom is 0.0540 e. The molecule has 2 aromatic heterocycles. The van der Waals surface area contributed by atoms with E-state index in [1.807, 2.05) is 22.7 Å². The summed E-state index contributed by atoms with van der Waals surface area (Å²) in [6.07, 6.45) is 0. The number of rotatable bonds is 12. The third kappa shape index (κ3) is 10.6. The van der Waals surface area contributed by atoms with Crippen molar-refractivity contribution < 1.29 is 0 Å². The monoisotopic (exact) mass is 1380 g/mol. The van der Waals surface area contributed by atoms with E-state index < -0.39 is 0 Å². The molecule has 0 aliphatic heterocycles. The average molecular weight is 1380 g/mol. The second kappa shape index (κ2) is 25.3. The van der Waals surface area contributed by atoms with Gasteiger partial charge in [-0.1, -0.05) is 273 Å². The second-order valence-electron chi connectivity index (χ2n) is 27.9. The summed E-state index contributed by atoms with van der Waals surface area (Å²) in [4.78, 5) is 4.91. The molecule has 0 saturated carbocycles. The van der Waals surface area contributed by atoms with Gasteiger partial charge in [-0.2, -0.15) is 0 Å². The van der Waals surface area contributed by atoms with Crippen LogP contribution in [0.5, 0.6) is 0 Å². The molecule has 2 nitrogen and oxygen atoms in total. The van der Waals surface area contributed by atoms with Gasteiger partial charge in [-0.25, -0.2) is 0 Å². The molecule has 0 spiro atoms. The zero-order chi connectivity index (χ0) is 69.8. The molecule has 19 aromatic carbocycles. The maximum absolute atomic E-state index is 2.47. The van der Waals surface area contributed by atoms with E-state index >= 15 is 0 Å². The summed E-state index contributed by atoms with van der Waals surface area (Å²) in [7, 11) is 0. The van der Waals surface area contributed by atoms with Gasteiger partial charge in [0.25, 0.3) is 0 Å². The third-order valence-electron chi connectivity index (χ3n) is 21.8. The number of benzene rings is 19. The Kier molecular flexibility index (Phi) is 14.7.